The van der Waals surface area contributed by atoms with Gasteiger partial charge in [-0.15, -0.1) is 0 Å². The molecule has 1 unspecified atom stereocenters. The third-order valence-electron chi connectivity index (χ3n) is 5.05. The van der Waals surface area contributed by atoms with Gasteiger partial charge in [0.05, 0.1) is 0 Å². The van der Waals surface area contributed by atoms with Gasteiger partial charge < -0.3 is 10.4 Å². The van der Waals surface area contributed by atoms with E-state index in [0.717, 1.165) is 32.4 Å². The van der Waals surface area contributed by atoms with Gasteiger partial charge in [-0.1, -0.05) is 26.7 Å². The molecule has 4 nitrogen and oxygen atoms in total. The SMILES string of the molecule is CCCNC(CN(CC)C1CCCC1)(C(=O)O)C1CC1. The Hall–Kier alpha value is -0.610. The fraction of sp³-hybridized carbons (Fsp3) is 0.938. The Labute approximate surface area is 122 Å². The molecule has 4 heteroatoms. The highest BCUT2D eigenvalue weighted by molar-refractivity contribution is 5.80. The minimum Gasteiger partial charge on any atom is -0.480 e. The maximum atomic E-state index is 12.0. The van der Waals surface area contributed by atoms with Crippen LogP contribution in [-0.4, -0.2) is 47.2 Å². The van der Waals surface area contributed by atoms with Gasteiger partial charge in [0.25, 0.3) is 0 Å². The fourth-order valence-corrected chi connectivity index (χ4v) is 3.66. The molecular weight excluding hydrogens is 252 g/mol. The minimum absolute atomic E-state index is 0.321. The maximum Gasteiger partial charge on any atom is 0.325 e. The van der Waals surface area contributed by atoms with Crippen molar-refractivity contribution in [2.45, 2.75) is 70.4 Å². The highest BCUT2D eigenvalue weighted by Gasteiger charge is 2.52. The van der Waals surface area contributed by atoms with Gasteiger partial charge in [0.1, 0.15) is 5.54 Å². The van der Waals surface area contributed by atoms with E-state index in [1.165, 1.54) is 25.7 Å². The molecule has 1 atom stereocenters. The Morgan fingerprint density at radius 2 is 1.90 bits per heavy atom. The second-order valence-electron chi connectivity index (χ2n) is 6.48. The third kappa shape index (κ3) is 3.34. The molecule has 0 bridgehead atoms. The monoisotopic (exact) mass is 282 g/mol. The van der Waals surface area contributed by atoms with E-state index >= 15 is 0 Å². The van der Waals surface area contributed by atoms with Crippen molar-refractivity contribution in [3.05, 3.63) is 0 Å². The largest absolute Gasteiger partial charge is 0.480 e. The number of likely N-dealkylation sites (N-methyl/N-ethyl adjacent to an activating group) is 1. The zero-order valence-corrected chi connectivity index (χ0v) is 13.0. The summed E-state index contributed by atoms with van der Waals surface area (Å²) < 4.78 is 0. The van der Waals surface area contributed by atoms with Gasteiger partial charge in [0, 0.05) is 12.6 Å². The summed E-state index contributed by atoms with van der Waals surface area (Å²) in [5, 5.41) is 13.3. The van der Waals surface area contributed by atoms with Crippen molar-refractivity contribution < 1.29 is 9.90 Å². The molecule has 2 aliphatic carbocycles. The molecule has 0 aromatic carbocycles. The van der Waals surface area contributed by atoms with E-state index in [-0.39, 0.29) is 0 Å². The lowest BCUT2D eigenvalue weighted by Gasteiger charge is -2.38. The summed E-state index contributed by atoms with van der Waals surface area (Å²) in [6, 6.07) is 0.598. The molecule has 0 aromatic rings. The summed E-state index contributed by atoms with van der Waals surface area (Å²) in [6.45, 7) is 6.69. The molecule has 20 heavy (non-hydrogen) atoms. The highest BCUT2D eigenvalue weighted by atomic mass is 16.4. The zero-order valence-electron chi connectivity index (χ0n) is 13.0. The second kappa shape index (κ2) is 6.90. The zero-order chi connectivity index (χ0) is 14.6. The third-order valence-corrected chi connectivity index (χ3v) is 5.05. The van der Waals surface area contributed by atoms with Gasteiger partial charge in [-0.2, -0.15) is 0 Å². The first-order chi connectivity index (χ1) is 9.64. The lowest BCUT2D eigenvalue weighted by Crippen LogP contribution is -2.62. The molecule has 2 fully saturated rings. The summed E-state index contributed by atoms with van der Waals surface area (Å²) in [5.41, 5.74) is -0.714. The van der Waals surface area contributed by atoms with Gasteiger partial charge in [-0.05, 0) is 51.1 Å². The van der Waals surface area contributed by atoms with E-state index in [1.54, 1.807) is 0 Å². The normalized spacial score (nSPS) is 23.1. The van der Waals surface area contributed by atoms with Crippen LogP contribution in [0.1, 0.15) is 58.8 Å². The lowest BCUT2D eigenvalue weighted by atomic mass is 9.91. The number of nitrogens with one attached hydrogen (secondary N) is 1. The molecular formula is C16H30N2O2. The molecule has 0 aromatic heterocycles. The Kier molecular flexibility index (Phi) is 5.44. The number of hydrogen-bond acceptors (Lipinski definition) is 3. The Balaban J connectivity index is 2.10. The van der Waals surface area contributed by atoms with E-state index in [4.69, 9.17) is 0 Å². The molecule has 116 valence electrons. The van der Waals surface area contributed by atoms with Crippen LogP contribution in [0.25, 0.3) is 0 Å². The van der Waals surface area contributed by atoms with Crippen LogP contribution in [-0.2, 0) is 4.79 Å². The molecule has 2 rings (SSSR count). The number of carboxylic acids is 1. The average Bonchev–Trinajstić information content (AvgIpc) is 3.15. The van der Waals surface area contributed by atoms with Gasteiger partial charge >= 0.3 is 5.97 Å². The Bertz CT molecular complexity index is 324. The smallest absolute Gasteiger partial charge is 0.325 e. The predicted octanol–water partition coefficient (Wildman–Crippen LogP) is 2.48. The minimum atomic E-state index is -0.714. The van der Waals surface area contributed by atoms with Gasteiger partial charge in [-0.25, -0.2) is 0 Å². The Morgan fingerprint density at radius 1 is 1.25 bits per heavy atom. The number of aliphatic carboxylic acids is 1. The van der Waals surface area contributed by atoms with Crippen molar-refractivity contribution >= 4 is 5.97 Å². The molecule has 2 saturated carbocycles. The fourth-order valence-electron chi connectivity index (χ4n) is 3.66. The van der Waals surface area contributed by atoms with Gasteiger partial charge in [-0.3, -0.25) is 9.69 Å². The van der Waals surface area contributed by atoms with Gasteiger partial charge in [0.15, 0.2) is 0 Å². The average molecular weight is 282 g/mol. The van der Waals surface area contributed by atoms with Crippen molar-refractivity contribution in [1.82, 2.24) is 10.2 Å². The van der Waals surface area contributed by atoms with Crippen LogP contribution in [0.3, 0.4) is 0 Å². The van der Waals surface area contributed by atoms with E-state index in [2.05, 4.69) is 24.1 Å². The van der Waals surface area contributed by atoms with Crippen LogP contribution in [0.15, 0.2) is 0 Å². The first kappa shape index (κ1) is 15.8. The van der Waals surface area contributed by atoms with Crippen molar-refractivity contribution in [3.63, 3.8) is 0 Å². The molecule has 0 spiro atoms. The van der Waals surface area contributed by atoms with Crippen molar-refractivity contribution in [2.75, 3.05) is 19.6 Å². The molecule has 0 radical (unpaired) electrons. The summed E-state index contributed by atoms with van der Waals surface area (Å²) in [6.07, 6.45) is 8.18. The van der Waals surface area contributed by atoms with E-state index < -0.39 is 11.5 Å². The van der Waals surface area contributed by atoms with Crippen LogP contribution in [0.4, 0.5) is 0 Å². The van der Waals surface area contributed by atoms with E-state index in [1.807, 2.05) is 0 Å². The molecule has 2 aliphatic rings. The van der Waals surface area contributed by atoms with Crippen molar-refractivity contribution in [1.29, 1.82) is 0 Å². The van der Waals surface area contributed by atoms with Crippen LogP contribution in [0, 0.1) is 5.92 Å². The van der Waals surface area contributed by atoms with Crippen LogP contribution in [0.2, 0.25) is 0 Å². The Morgan fingerprint density at radius 3 is 2.35 bits per heavy atom. The maximum absolute atomic E-state index is 12.0. The number of carboxylic acid groups (broad SMARTS) is 1. The second-order valence-corrected chi connectivity index (χ2v) is 6.48. The first-order valence-electron chi connectivity index (χ1n) is 8.36. The van der Waals surface area contributed by atoms with Crippen LogP contribution < -0.4 is 5.32 Å². The van der Waals surface area contributed by atoms with Crippen molar-refractivity contribution in [3.8, 4) is 0 Å². The summed E-state index contributed by atoms with van der Waals surface area (Å²) in [7, 11) is 0. The topological polar surface area (TPSA) is 52.6 Å². The van der Waals surface area contributed by atoms with E-state index in [9.17, 15) is 9.90 Å². The van der Waals surface area contributed by atoms with E-state index in [0.29, 0.717) is 18.5 Å². The van der Waals surface area contributed by atoms with Crippen molar-refractivity contribution in [2.24, 2.45) is 5.92 Å². The standard InChI is InChI=1S/C16H30N2O2/c1-3-11-17-16(15(19)20,13-9-10-13)12-18(4-2)14-7-5-6-8-14/h13-14,17H,3-12H2,1-2H3,(H,19,20). The summed E-state index contributed by atoms with van der Waals surface area (Å²) >= 11 is 0. The predicted molar refractivity (Wildman–Crippen MR) is 80.9 cm³/mol. The molecule has 2 N–H and O–H groups in total. The van der Waals surface area contributed by atoms with Crippen LogP contribution >= 0.6 is 0 Å². The number of carbonyl (C=O) groups is 1. The molecule has 0 amide bonds. The number of hydrogen-bond donors (Lipinski definition) is 2. The molecule has 0 heterocycles. The quantitative estimate of drug-likeness (QED) is 0.682. The van der Waals surface area contributed by atoms with Gasteiger partial charge in [0.2, 0.25) is 0 Å². The number of rotatable bonds is 9. The molecule has 0 saturated heterocycles. The van der Waals surface area contributed by atoms with Crippen LogP contribution in [0.5, 0.6) is 0 Å². The molecule has 0 aliphatic heterocycles. The first-order valence-corrected chi connectivity index (χ1v) is 8.36. The number of nitrogens with zero attached hydrogens (tertiary/aromatic N) is 1. The lowest BCUT2D eigenvalue weighted by molar-refractivity contribution is -0.147. The summed E-state index contributed by atoms with van der Waals surface area (Å²) in [5.74, 6) is -0.327. The highest BCUT2D eigenvalue weighted by Crippen LogP contribution is 2.41. The summed E-state index contributed by atoms with van der Waals surface area (Å²) in [4.78, 5) is 14.4.